The third kappa shape index (κ3) is 7.04. The van der Waals surface area contributed by atoms with Crippen LogP contribution in [0, 0.1) is 0 Å². The van der Waals surface area contributed by atoms with Crippen LogP contribution in [0.5, 0.6) is 5.75 Å². The van der Waals surface area contributed by atoms with E-state index in [-0.39, 0.29) is 23.6 Å². The number of rotatable bonds is 12. The van der Waals surface area contributed by atoms with E-state index >= 15 is 0 Å². The molecule has 4 aromatic rings. The van der Waals surface area contributed by atoms with E-state index < -0.39 is 7.26 Å². The third-order valence-electron chi connectivity index (χ3n) is 6.26. The number of aliphatic hydroxyl groups excluding tert-OH is 1. The molecule has 0 amide bonds. The van der Waals surface area contributed by atoms with Crippen molar-refractivity contribution in [2.45, 2.75) is 31.8 Å². The molecule has 4 rings (SSSR count). The Labute approximate surface area is 221 Å². The summed E-state index contributed by atoms with van der Waals surface area (Å²) < 4.78 is 5.97. The summed E-state index contributed by atoms with van der Waals surface area (Å²) in [4.78, 5) is 0. The van der Waals surface area contributed by atoms with Crippen LogP contribution in [0.4, 0.5) is 0 Å². The number of unbranched alkanes of at least 4 members (excludes halogenated alkanes) is 3. The monoisotopic (exact) mass is 548 g/mol. The first-order chi connectivity index (χ1) is 16.8. The molecule has 0 aliphatic carbocycles. The molecule has 0 heterocycles. The SMILES string of the molecule is OCCCCCCOc1ccc(C[P+](c2ccccc2)(c2ccccc2)c2ccccc2)cc1.[Br-]. The van der Waals surface area contributed by atoms with E-state index in [1.807, 2.05) is 0 Å². The molecule has 0 atom stereocenters. The Morgan fingerprint density at radius 1 is 0.543 bits per heavy atom. The first kappa shape index (κ1) is 27.1. The molecule has 0 saturated heterocycles. The van der Waals surface area contributed by atoms with E-state index in [1.54, 1.807) is 0 Å². The zero-order valence-corrected chi connectivity index (χ0v) is 22.6. The van der Waals surface area contributed by atoms with E-state index in [0.717, 1.165) is 44.2 Å². The second kappa shape index (κ2) is 14.2. The van der Waals surface area contributed by atoms with Gasteiger partial charge in [0.1, 0.15) is 28.9 Å². The van der Waals surface area contributed by atoms with E-state index in [4.69, 9.17) is 9.84 Å². The highest BCUT2D eigenvalue weighted by Crippen LogP contribution is 2.58. The quantitative estimate of drug-likeness (QED) is 0.218. The van der Waals surface area contributed by atoms with Crippen molar-refractivity contribution in [2.24, 2.45) is 0 Å². The van der Waals surface area contributed by atoms with Crippen molar-refractivity contribution < 1.29 is 26.8 Å². The van der Waals surface area contributed by atoms with Gasteiger partial charge in [-0.1, -0.05) is 73.2 Å². The van der Waals surface area contributed by atoms with Gasteiger partial charge in [-0.05, 0) is 73.4 Å². The van der Waals surface area contributed by atoms with E-state index in [2.05, 4.69) is 115 Å². The van der Waals surface area contributed by atoms with Crippen LogP contribution in [0.25, 0.3) is 0 Å². The molecular formula is C31H34BrO2P. The molecule has 0 aliphatic heterocycles. The highest BCUT2D eigenvalue weighted by Gasteiger charge is 2.45. The maximum Gasteiger partial charge on any atom is 0.119 e. The average Bonchev–Trinajstić information content (AvgIpc) is 2.91. The number of aliphatic hydroxyl groups is 1. The van der Waals surface area contributed by atoms with Crippen LogP contribution >= 0.6 is 7.26 Å². The second-order valence-electron chi connectivity index (χ2n) is 8.60. The molecule has 4 aromatic carbocycles. The van der Waals surface area contributed by atoms with Gasteiger partial charge in [0.05, 0.1) is 12.8 Å². The third-order valence-corrected chi connectivity index (χ3v) is 10.6. The lowest BCUT2D eigenvalue weighted by molar-refractivity contribution is -0.00000830. The Balaban J connectivity index is 0.00000342. The zero-order valence-electron chi connectivity index (χ0n) is 20.1. The fourth-order valence-electron chi connectivity index (χ4n) is 4.49. The molecule has 0 unspecified atom stereocenters. The van der Waals surface area contributed by atoms with Gasteiger partial charge in [-0.25, -0.2) is 0 Å². The minimum absolute atomic E-state index is 0. The smallest absolute Gasteiger partial charge is 0.119 e. The highest BCUT2D eigenvalue weighted by molar-refractivity contribution is 7.95. The number of ether oxygens (including phenoxy) is 1. The summed E-state index contributed by atoms with van der Waals surface area (Å²) in [6, 6.07) is 41.7. The summed E-state index contributed by atoms with van der Waals surface area (Å²) in [6.07, 6.45) is 5.02. The van der Waals surface area contributed by atoms with Gasteiger partial charge in [0.2, 0.25) is 0 Å². The lowest BCUT2D eigenvalue weighted by atomic mass is 10.2. The Morgan fingerprint density at radius 2 is 1.00 bits per heavy atom. The number of hydrogen-bond donors (Lipinski definition) is 1. The normalized spacial score (nSPS) is 11.0. The Hall–Kier alpha value is -2.45. The van der Waals surface area contributed by atoms with Gasteiger partial charge in [0, 0.05) is 6.61 Å². The topological polar surface area (TPSA) is 29.5 Å². The number of halogens is 1. The molecule has 0 aliphatic rings. The molecule has 0 radical (unpaired) electrons. The largest absolute Gasteiger partial charge is 1.00 e. The van der Waals surface area contributed by atoms with Crippen molar-refractivity contribution in [1.29, 1.82) is 0 Å². The van der Waals surface area contributed by atoms with Gasteiger partial charge in [-0.3, -0.25) is 0 Å². The Bertz CT molecular complexity index is 1010. The predicted molar refractivity (Wildman–Crippen MR) is 146 cm³/mol. The molecule has 35 heavy (non-hydrogen) atoms. The summed E-state index contributed by atoms with van der Waals surface area (Å²) in [5.74, 6) is 0.925. The van der Waals surface area contributed by atoms with Crippen LogP contribution in [-0.4, -0.2) is 18.3 Å². The zero-order chi connectivity index (χ0) is 23.5. The van der Waals surface area contributed by atoms with Crippen LogP contribution in [0.2, 0.25) is 0 Å². The standard InChI is InChI=1S/C31H34O2P.BrH/c32-24-12-1-2-13-25-33-28-22-20-27(21-23-28)26-34(29-14-6-3-7-15-29,30-16-8-4-9-17-30)31-18-10-5-11-19-31;/h3-11,14-23,32H,1-2,12-13,24-26H2;1H/q+1;/p-1. The van der Waals surface area contributed by atoms with Gasteiger partial charge in [0.25, 0.3) is 0 Å². The van der Waals surface area contributed by atoms with Crippen LogP contribution in [0.3, 0.4) is 0 Å². The van der Waals surface area contributed by atoms with E-state index in [1.165, 1.54) is 21.5 Å². The Morgan fingerprint density at radius 3 is 1.46 bits per heavy atom. The molecular weight excluding hydrogens is 515 g/mol. The highest BCUT2D eigenvalue weighted by atomic mass is 79.9. The van der Waals surface area contributed by atoms with Crippen LogP contribution in [0.15, 0.2) is 115 Å². The second-order valence-corrected chi connectivity index (χ2v) is 12.1. The van der Waals surface area contributed by atoms with Gasteiger partial charge >= 0.3 is 0 Å². The van der Waals surface area contributed by atoms with Crippen molar-refractivity contribution in [2.75, 3.05) is 13.2 Å². The fourth-order valence-corrected chi connectivity index (χ4v) is 8.73. The molecule has 2 nitrogen and oxygen atoms in total. The maximum absolute atomic E-state index is 8.90. The molecule has 0 fully saturated rings. The summed E-state index contributed by atoms with van der Waals surface area (Å²) in [6.45, 7) is 1.00. The molecule has 0 spiro atoms. The minimum atomic E-state index is -1.89. The number of benzene rings is 4. The first-order valence-electron chi connectivity index (χ1n) is 12.2. The van der Waals surface area contributed by atoms with Gasteiger partial charge in [-0.15, -0.1) is 0 Å². The summed E-state index contributed by atoms with van der Waals surface area (Å²) in [5, 5.41) is 13.1. The summed E-state index contributed by atoms with van der Waals surface area (Å²) in [7, 11) is -1.89. The minimum Gasteiger partial charge on any atom is -1.00 e. The van der Waals surface area contributed by atoms with Crippen molar-refractivity contribution >= 4 is 23.2 Å². The molecule has 0 saturated carbocycles. The first-order valence-corrected chi connectivity index (χ1v) is 14.2. The molecule has 0 bridgehead atoms. The molecule has 182 valence electrons. The van der Waals surface area contributed by atoms with Crippen molar-refractivity contribution in [1.82, 2.24) is 0 Å². The van der Waals surface area contributed by atoms with Crippen molar-refractivity contribution in [3.05, 3.63) is 121 Å². The van der Waals surface area contributed by atoms with Gasteiger partial charge < -0.3 is 26.8 Å². The molecule has 4 heteroatoms. The van der Waals surface area contributed by atoms with E-state index in [9.17, 15) is 0 Å². The van der Waals surface area contributed by atoms with Crippen molar-refractivity contribution in [3.63, 3.8) is 0 Å². The number of hydrogen-bond acceptors (Lipinski definition) is 2. The van der Waals surface area contributed by atoms with Gasteiger partial charge in [0.15, 0.2) is 0 Å². The van der Waals surface area contributed by atoms with E-state index in [0.29, 0.717) is 0 Å². The van der Waals surface area contributed by atoms with Crippen LogP contribution < -0.4 is 37.6 Å². The van der Waals surface area contributed by atoms with Gasteiger partial charge in [-0.2, -0.15) is 0 Å². The van der Waals surface area contributed by atoms with Crippen LogP contribution in [-0.2, 0) is 6.16 Å². The Kier molecular flexibility index (Phi) is 11.0. The fraction of sp³-hybridized carbons (Fsp3) is 0.226. The molecule has 1 N–H and O–H groups in total. The lowest BCUT2D eigenvalue weighted by Gasteiger charge is -2.28. The summed E-state index contributed by atoms with van der Waals surface area (Å²) >= 11 is 0. The predicted octanol–water partition coefficient (Wildman–Crippen LogP) is 3.12. The summed E-state index contributed by atoms with van der Waals surface area (Å²) in [5.41, 5.74) is 1.32. The van der Waals surface area contributed by atoms with Crippen LogP contribution in [0.1, 0.15) is 31.2 Å². The van der Waals surface area contributed by atoms with Crippen molar-refractivity contribution in [3.8, 4) is 5.75 Å². The lowest BCUT2D eigenvalue weighted by Crippen LogP contribution is -3.00. The molecule has 0 aromatic heterocycles. The average molecular weight is 549 g/mol. The maximum atomic E-state index is 8.90.